The Morgan fingerprint density at radius 2 is 1.94 bits per heavy atom. The summed E-state index contributed by atoms with van der Waals surface area (Å²) in [6.07, 6.45) is 1.48. The molecule has 2 N–H and O–H groups in total. The van der Waals surface area contributed by atoms with Gasteiger partial charge in [0.05, 0.1) is 17.1 Å². The number of aromatic nitrogens is 2. The number of aryl methyl sites for hydroxylation is 1. The zero-order valence-electron chi connectivity index (χ0n) is 16.9. The van der Waals surface area contributed by atoms with Crippen LogP contribution in [0.5, 0.6) is 0 Å². The lowest BCUT2D eigenvalue weighted by Gasteiger charge is -2.10. The van der Waals surface area contributed by atoms with Crippen LogP contribution in [0.2, 0.25) is 0 Å². The highest BCUT2D eigenvalue weighted by Crippen LogP contribution is 2.26. The van der Waals surface area contributed by atoms with E-state index in [4.69, 9.17) is 4.52 Å². The third-order valence-electron chi connectivity index (χ3n) is 4.07. The maximum absolute atomic E-state index is 12.8. The lowest BCUT2D eigenvalue weighted by molar-refractivity contribution is 0.102. The molecule has 0 aliphatic rings. The molecule has 0 saturated carbocycles. The smallest absolute Gasteiger partial charge is 0.256 e. The quantitative estimate of drug-likeness (QED) is 0.353. The number of hydrogen-bond donors (Lipinski definition) is 2. The van der Waals surface area contributed by atoms with E-state index in [2.05, 4.69) is 26.8 Å². The Bertz CT molecular complexity index is 1160. The number of nitrogens with zero attached hydrogens (tertiary/aromatic N) is 2. The van der Waals surface area contributed by atoms with E-state index in [-0.39, 0.29) is 18.2 Å². The highest BCUT2D eigenvalue weighted by molar-refractivity contribution is 7.98. The molecule has 0 aliphatic heterocycles. The van der Waals surface area contributed by atoms with Crippen LogP contribution >= 0.6 is 11.8 Å². The highest BCUT2D eigenvalue weighted by Gasteiger charge is 2.14. The number of nitrogens with one attached hydrogen (secondary N) is 2. The molecule has 2 aromatic carbocycles. The van der Waals surface area contributed by atoms with Crippen LogP contribution in [0.1, 0.15) is 27.6 Å². The van der Waals surface area contributed by atoms with Gasteiger partial charge < -0.3 is 9.84 Å². The first-order valence-corrected chi connectivity index (χ1v) is 12.0. The maximum Gasteiger partial charge on any atom is 0.256 e. The maximum atomic E-state index is 12.8. The van der Waals surface area contributed by atoms with Crippen LogP contribution < -0.4 is 10.0 Å². The number of rotatable bonds is 10. The Kier molecular flexibility index (Phi) is 7.61. The van der Waals surface area contributed by atoms with Gasteiger partial charge in [0.25, 0.3) is 5.91 Å². The molecule has 3 rings (SSSR count). The first kappa shape index (κ1) is 22.7. The van der Waals surface area contributed by atoms with E-state index in [1.165, 1.54) is 17.8 Å². The second-order valence-electron chi connectivity index (χ2n) is 6.57. The molecule has 8 nitrogen and oxygen atoms in total. The molecule has 1 amide bonds. The average Bonchev–Trinajstić information content (AvgIpc) is 3.17. The van der Waals surface area contributed by atoms with Crippen molar-refractivity contribution >= 4 is 33.4 Å². The Hall–Kier alpha value is -2.95. The molecule has 0 spiro atoms. The van der Waals surface area contributed by atoms with E-state index >= 15 is 0 Å². The zero-order chi connectivity index (χ0) is 22.3. The molecule has 0 radical (unpaired) electrons. The van der Waals surface area contributed by atoms with Gasteiger partial charge >= 0.3 is 0 Å². The molecule has 1 aromatic heterocycles. The van der Waals surface area contributed by atoms with Gasteiger partial charge in [0.15, 0.2) is 5.82 Å². The van der Waals surface area contributed by atoms with Gasteiger partial charge in [-0.1, -0.05) is 35.5 Å². The van der Waals surface area contributed by atoms with Crippen molar-refractivity contribution in [2.24, 2.45) is 0 Å². The van der Waals surface area contributed by atoms with Gasteiger partial charge in [-0.15, -0.1) is 18.3 Å². The van der Waals surface area contributed by atoms with Gasteiger partial charge in [0.2, 0.25) is 15.9 Å². The van der Waals surface area contributed by atoms with E-state index in [1.807, 2.05) is 12.1 Å². The monoisotopic (exact) mass is 458 g/mol. The van der Waals surface area contributed by atoms with Crippen molar-refractivity contribution in [1.82, 2.24) is 14.9 Å². The summed E-state index contributed by atoms with van der Waals surface area (Å²) in [5, 5.41) is 6.60. The summed E-state index contributed by atoms with van der Waals surface area (Å²) in [5.74, 6) is 1.09. The van der Waals surface area contributed by atoms with Gasteiger partial charge in [0, 0.05) is 17.1 Å². The number of amides is 1. The Morgan fingerprint density at radius 1 is 1.19 bits per heavy atom. The predicted molar refractivity (Wildman–Crippen MR) is 120 cm³/mol. The van der Waals surface area contributed by atoms with Crippen LogP contribution in [0.4, 0.5) is 5.69 Å². The van der Waals surface area contributed by atoms with Crippen LogP contribution in [0.15, 0.2) is 70.6 Å². The summed E-state index contributed by atoms with van der Waals surface area (Å²) >= 11 is 1.43. The van der Waals surface area contributed by atoms with Gasteiger partial charge in [-0.2, -0.15) is 4.98 Å². The minimum atomic E-state index is -3.44. The lowest BCUT2D eigenvalue weighted by Crippen LogP contribution is -2.25. The molecule has 10 heteroatoms. The number of hydrogen-bond acceptors (Lipinski definition) is 7. The van der Waals surface area contributed by atoms with Crippen molar-refractivity contribution in [1.29, 1.82) is 0 Å². The van der Waals surface area contributed by atoms with Gasteiger partial charge in [-0.05, 0) is 36.8 Å². The number of thioether (sulfide) groups is 1. The number of carbonyl (C=O) groups is 1. The van der Waals surface area contributed by atoms with Gasteiger partial charge in [0.1, 0.15) is 0 Å². The molecular weight excluding hydrogens is 436 g/mol. The molecule has 0 fully saturated rings. The van der Waals surface area contributed by atoms with Crippen LogP contribution in [0.3, 0.4) is 0 Å². The van der Waals surface area contributed by atoms with E-state index < -0.39 is 10.0 Å². The van der Waals surface area contributed by atoms with E-state index in [1.54, 1.807) is 43.3 Å². The Balaban J connectivity index is 1.64. The summed E-state index contributed by atoms with van der Waals surface area (Å²) in [4.78, 5) is 17.7. The first-order chi connectivity index (χ1) is 14.9. The SMILES string of the molecule is C=CCNS(=O)(=O)Cc1ccc(NC(=O)c2ccccc2SCc2nc(C)no2)cc1. The highest BCUT2D eigenvalue weighted by atomic mass is 32.2. The fourth-order valence-electron chi connectivity index (χ4n) is 2.66. The third-order valence-corrected chi connectivity index (χ3v) is 6.45. The summed E-state index contributed by atoms with van der Waals surface area (Å²) in [6.45, 7) is 5.42. The molecule has 1 heterocycles. The number of benzene rings is 2. The summed E-state index contributed by atoms with van der Waals surface area (Å²) in [7, 11) is -3.44. The van der Waals surface area contributed by atoms with E-state index in [9.17, 15) is 13.2 Å². The molecule has 3 aromatic rings. The first-order valence-electron chi connectivity index (χ1n) is 9.36. The van der Waals surface area contributed by atoms with Crippen LogP contribution in [0, 0.1) is 6.92 Å². The minimum Gasteiger partial charge on any atom is -0.338 e. The standard InChI is InChI=1S/C21H22N4O4S2/c1-3-12-22-31(27,28)14-16-8-10-17(11-9-16)24-21(26)18-6-4-5-7-19(18)30-13-20-23-15(2)25-29-20/h3-11,22H,1,12-14H2,2H3,(H,24,26). The summed E-state index contributed by atoms with van der Waals surface area (Å²) in [5.41, 5.74) is 1.70. The summed E-state index contributed by atoms with van der Waals surface area (Å²) < 4.78 is 31.5. The Labute approximate surface area is 185 Å². The molecule has 162 valence electrons. The number of sulfonamides is 1. The molecule has 0 bridgehead atoms. The van der Waals surface area contributed by atoms with Gasteiger partial charge in [-0.3, -0.25) is 4.79 Å². The van der Waals surface area contributed by atoms with Crippen molar-refractivity contribution < 1.29 is 17.7 Å². The molecule has 0 aliphatic carbocycles. The Morgan fingerprint density at radius 3 is 2.61 bits per heavy atom. The van der Waals surface area contributed by atoms with Crippen molar-refractivity contribution in [3.63, 3.8) is 0 Å². The lowest BCUT2D eigenvalue weighted by atomic mass is 10.2. The van der Waals surface area contributed by atoms with Crippen molar-refractivity contribution in [2.45, 2.75) is 23.3 Å². The zero-order valence-corrected chi connectivity index (χ0v) is 18.5. The molecule has 0 unspecified atom stereocenters. The van der Waals surface area contributed by atoms with Crippen LogP contribution in [0.25, 0.3) is 0 Å². The summed E-state index contributed by atoms with van der Waals surface area (Å²) in [6, 6.07) is 13.9. The van der Waals surface area contributed by atoms with Crippen molar-refractivity contribution in [3.05, 3.63) is 84.0 Å². The number of anilines is 1. The fraction of sp³-hybridized carbons (Fsp3) is 0.190. The van der Waals surface area contributed by atoms with Crippen molar-refractivity contribution in [3.8, 4) is 0 Å². The van der Waals surface area contributed by atoms with E-state index in [0.29, 0.717) is 34.3 Å². The topological polar surface area (TPSA) is 114 Å². The molecule has 0 saturated heterocycles. The second kappa shape index (κ2) is 10.4. The number of carbonyl (C=O) groups excluding carboxylic acids is 1. The fourth-order valence-corrected chi connectivity index (χ4v) is 4.65. The minimum absolute atomic E-state index is 0.149. The normalized spacial score (nSPS) is 11.3. The van der Waals surface area contributed by atoms with Crippen LogP contribution in [-0.4, -0.2) is 31.0 Å². The molecular formula is C21H22N4O4S2. The van der Waals surface area contributed by atoms with Crippen LogP contribution in [-0.2, 0) is 21.5 Å². The third kappa shape index (κ3) is 6.78. The molecule has 31 heavy (non-hydrogen) atoms. The van der Waals surface area contributed by atoms with E-state index in [0.717, 1.165) is 4.90 Å². The predicted octanol–water partition coefficient (Wildman–Crippen LogP) is 3.53. The van der Waals surface area contributed by atoms with Gasteiger partial charge in [-0.25, -0.2) is 13.1 Å². The average molecular weight is 459 g/mol. The second-order valence-corrected chi connectivity index (χ2v) is 9.39. The van der Waals surface area contributed by atoms with Crippen molar-refractivity contribution in [2.75, 3.05) is 11.9 Å². The largest absolute Gasteiger partial charge is 0.338 e. The molecule has 0 atom stereocenters.